The molecule has 168 valence electrons. The predicted molar refractivity (Wildman–Crippen MR) is 119 cm³/mol. The first-order valence-electron chi connectivity index (χ1n) is 10.3. The Morgan fingerprint density at radius 3 is 2.75 bits per heavy atom. The maximum absolute atomic E-state index is 14.4. The third kappa shape index (κ3) is 4.18. The van der Waals surface area contributed by atoms with Gasteiger partial charge in [-0.15, -0.1) is 0 Å². The molecule has 0 saturated carbocycles. The minimum atomic E-state index is -3.85. The van der Waals surface area contributed by atoms with E-state index >= 15 is 0 Å². The van der Waals surface area contributed by atoms with Gasteiger partial charge in [0.05, 0.1) is 17.5 Å². The van der Waals surface area contributed by atoms with Crippen LogP contribution in [0.2, 0.25) is 0 Å². The number of rotatable bonds is 7. The number of carbonyl (C=O) groups is 1. The van der Waals surface area contributed by atoms with Crippen LogP contribution in [0, 0.1) is 5.82 Å². The van der Waals surface area contributed by atoms with Crippen LogP contribution in [-0.2, 0) is 21.4 Å². The van der Waals surface area contributed by atoms with Crippen LogP contribution in [0.5, 0.6) is 5.75 Å². The molecule has 0 amide bonds. The highest BCUT2D eigenvalue weighted by Gasteiger charge is 2.28. The van der Waals surface area contributed by atoms with E-state index in [1.165, 1.54) is 16.4 Å². The standard InChI is InChI=1S/C23H24FN3O4S/c1-16(2)31-22-6-5-18(14-21(22)24)32(29,30)27-10-7-17(8-11-27)20-15-26(12-13-28)23-19(20)4-3-9-25-23/h3-7,9,13-16H,8,10-12H2,1-2H3. The first kappa shape index (κ1) is 22.2. The van der Waals surface area contributed by atoms with Crippen LogP contribution in [0.25, 0.3) is 16.6 Å². The van der Waals surface area contributed by atoms with Gasteiger partial charge in [-0.2, -0.15) is 4.31 Å². The molecule has 0 unspecified atom stereocenters. The summed E-state index contributed by atoms with van der Waals surface area (Å²) in [4.78, 5) is 15.3. The Kier molecular flexibility index (Phi) is 6.12. The van der Waals surface area contributed by atoms with Crippen molar-refractivity contribution < 1.29 is 22.3 Å². The number of benzene rings is 1. The fourth-order valence-corrected chi connectivity index (χ4v) is 5.24. The number of hydrogen-bond donors (Lipinski definition) is 0. The Hall–Kier alpha value is -3.04. The summed E-state index contributed by atoms with van der Waals surface area (Å²) in [6, 6.07) is 7.49. The molecule has 1 aromatic carbocycles. The van der Waals surface area contributed by atoms with Crippen molar-refractivity contribution in [2.45, 2.75) is 37.8 Å². The van der Waals surface area contributed by atoms with Crippen LogP contribution in [0.1, 0.15) is 25.8 Å². The van der Waals surface area contributed by atoms with Gasteiger partial charge in [-0.3, -0.25) is 0 Å². The SMILES string of the molecule is CC(C)Oc1ccc(S(=O)(=O)N2CC=C(c3cn(CC=O)c4ncccc34)CC2)cc1F. The third-order valence-electron chi connectivity index (χ3n) is 5.33. The van der Waals surface area contributed by atoms with Crippen molar-refractivity contribution in [1.82, 2.24) is 13.9 Å². The van der Waals surface area contributed by atoms with Gasteiger partial charge in [0.2, 0.25) is 10.0 Å². The highest BCUT2D eigenvalue weighted by atomic mass is 32.2. The number of pyridine rings is 1. The highest BCUT2D eigenvalue weighted by Crippen LogP contribution is 2.32. The first-order valence-corrected chi connectivity index (χ1v) is 11.8. The van der Waals surface area contributed by atoms with Crippen molar-refractivity contribution in [2.24, 2.45) is 0 Å². The lowest BCUT2D eigenvalue weighted by molar-refractivity contribution is -0.108. The van der Waals surface area contributed by atoms with Crippen LogP contribution in [0.15, 0.2) is 53.7 Å². The first-order chi connectivity index (χ1) is 15.3. The summed E-state index contributed by atoms with van der Waals surface area (Å²) in [5.74, 6) is -0.677. The van der Waals surface area contributed by atoms with Gasteiger partial charge >= 0.3 is 0 Å². The Labute approximate surface area is 186 Å². The van der Waals surface area contributed by atoms with Gasteiger partial charge in [-0.05, 0) is 56.2 Å². The van der Waals surface area contributed by atoms with Crippen molar-refractivity contribution in [2.75, 3.05) is 13.1 Å². The number of sulfonamides is 1. The summed E-state index contributed by atoms with van der Waals surface area (Å²) in [5.41, 5.74) is 2.64. The Morgan fingerprint density at radius 2 is 2.09 bits per heavy atom. The van der Waals surface area contributed by atoms with E-state index in [4.69, 9.17) is 4.74 Å². The summed E-state index contributed by atoms with van der Waals surface area (Å²) in [6.07, 6.45) is 6.51. The number of halogens is 1. The van der Waals surface area contributed by atoms with Gasteiger partial charge in [0, 0.05) is 36.4 Å². The molecule has 2 aromatic heterocycles. The smallest absolute Gasteiger partial charge is 0.243 e. The lowest BCUT2D eigenvalue weighted by Crippen LogP contribution is -2.34. The van der Waals surface area contributed by atoms with E-state index < -0.39 is 15.8 Å². The summed E-state index contributed by atoms with van der Waals surface area (Å²) in [7, 11) is -3.85. The molecule has 0 saturated heterocycles. The Morgan fingerprint density at radius 1 is 1.28 bits per heavy atom. The van der Waals surface area contributed by atoms with Crippen LogP contribution in [0.4, 0.5) is 4.39 Å². The summed E-state index contributed by atoms with van der Waals surface area (Å²) in [5, 5.41) is 0.916. The molecule has 0 aliphatic carbocycles. The second-order valence-electron chi connectivity index (χ2n) is 7.84. The fourth-order valence-electron chi connectivity index (χ4n) is 3.85. The summed E-state index contributed by atoms with van der Waals surface area (Å²) >= 11 is 0. The summed E-state index contributed by atoms with van der Waals surface area (Å²) in [6.45, 7) is 4.18. The van der Waals surface area contributed by atoms with Crippen molar-refractivity contribution in [3.8, 4) is 5.75 Å². The topological polar surface area (TPSA) is 81.5 Å². The number of fused-ring (bicyclic) bond motifs is 1. The highest BCUT2D eigenvalue weighted by molar-refractivity contribution is 7.89. The van der Waals surface area contributed by atoms with E-state index in [0.717, 1.165) is 28.9 Å². The summed E-state index contributed by atoms with van der Waals surface area (Å²) < 4.78 is 48.9. The molecular formula is C23H24FN3O4S. The minimum Gasteiger partial charge on any atom is -0.488 e. The lowest BCUT2D eigenvalue weighted by Gasteiger charge is -2.26. The van der Waals surface area contributed by atoms with Crippen molar-refractivity contribution in [1.29, 1.82) is 0 Å². The molecule has 1 aliphatic rings. The third-order valence-corrected chi connectivity index (χ3v) is 7.19. The largest absolute Gasteiger partial charge is 0.488 e. The number of carbonyl (C=O) groups excluding carboxylic acids is 1. The number of aldehydes is 1. The zero-order valence-corrected chi connectivity index (χ0v) is 18.7. The molecule has 1 aliphatic heterocycles. The average molecular weight is 458 g/mol. The molecule has 3 heterocycles. The van der Waals surface area contributed by atoms with E-state index in [1.807, 2.05) is 24.4 Å². The van der Waals surface area contributed by atoms with E-state index in [0.29, 0.717) is 12.1 Å². The van der Waals surface area contributed by atoms with Gasteiger partial charge in [0.1, 0.15) is 11.9 Å². The number of ether oxygens (including phenoxy) is 1. The minimum absolute atomic E-state index is 0.0279. The predicted octanol–water partition coefficient (Wildman–Crippen LogP) is 3.64. The molecule has 0 atom stereocenters. The molecule has 0 N–H and O–H groups in total. The molecule has 32 heavy (non-hydrogen) atoms. The van der Waals surface area contributed by atoms with Crippen molar-refractivity contribution in [3.05, 3.63) is 60.2 Å². The van der Waals surface area contributed by atoms with Crippen molar-refractivity contribution in [3.63, 3.8) is 0 Å². The molecule has 9 heteroatoms. The van der Waals surface area contributed by atoms with Crippen LogP contribution < -0.4 is 4.74 Å². The molecule has 0 radical (unpaired) electrons. The number of hydrogen-bond acceptors (Lipinski definition) is 5. The zero-order chi connectivity index (χ0) is 22.9. The van der Waals surface area contributed by atoms with E-state index in [1.54, 1.807) is 24.6 Å². The molecule has 0 fully saturated rings. The lowest BCUT2D eigenvalue weighted by atomic mass is 10.0. The van der Waals surface area contributed by atoms with Crippen LogP contribution in [0.3, 0.4) is 0 Å². The van der Waals surface area contributed by atoms with E-state index in [2.05, 4.69) is 4.98 Å². The number of aromatic nitrogens is 2. The molecule has 4 rings (SSSR count). The molecule has 0 bridgehead atoms. The molecule has 3 aromatic rings. The molecular weight excluding hydrogens is 433 g/mol. The van der Waals surface area contributed by atoms with Crippen molar-refractivity contribution >= 4 is 32.9 Å². The van der Waals surface area contributed by atoms with Gasteiger partial charge in [0.25, 0.3) is 0 Å². The maximum Gasteiger partial charge on any atom is 0.243 e. The monoisotopic (exact) mass is 457 g/mol. The average Bonchev–Trinajstić information content (AvgIpc) is 3.14. The maximum atomic E-state index is 14.4. The van der Waals surface area contributed by atoms with Crippen LogP contribution >= 0.6 is 0 Å². The number of nitrogens with zero attached hydrogens (tertiary/aromatic N) is 3. The van der Waals surface area contributed by atoms with E-state index in [9.17, 15) is 17.6 Å². The Balaban J connectivity index is 1.59. The second-order valence-corrected chi connectivity index (χ2v) is 9.78. The second kappa shape index (κ2) is 8.84. The van der Waals surface area contributed by atoms with Gasteiger partial charge < -0.3 is 14.1 Å². The Bertz CT molecular complexity index is 1300. The quantitative estimate of drug-likeness (QED) is 0.506. The van der Waals surface area contributed by atoms with Gasteiger partial charge in [0.15, 0.2) is 11.6 Å². The fraction of sp³-hybridized carbons (Fsp3) is 0.304. The van der Waals surface area contributed by atoms with Crippen LogP contribution in [-0.4, -0.2) is 47.8 Å². The van der Waals surface area contributed by atoms with E-state index in [-0.39, 0.29) is 36.4 Å². The van der Waals surface area contributed by atoms with Gasteiger partial charge in [-0.25, -0.2) is 17.8 Å². The zero-order valence-electron chi connectivity index (χ0n) is 17.9. The van der Waals surface area contributed by atoms with Gasteiger partial charge in [-0.1, -0.05) is 6.08 Å². The normalized spacial score (nSPS) is 15.2. The molecule has 0 spiro atoms. The molecule has 7 nitrogen and oxygen atoms in total.